The Labute approximate surface area is 175 Å². The Morgan fingerprint density at radius 3 is 2.08 bits per heavy atom. The minimum atomic E-state index is -0.250. The number of likely N-dealkylation sites (N-methyl/N-ethyl adjacent to an activating group) is 1. The van der Waals surface area contributed by atoms with E-state index in [0.717, 1.165) is 18.5 Å². The second-order valence-corrected chi connectivity index (χ2v) is 6.76. The molecule has 0 radical (unpaired) electrons. The van der Waals surface area contributed by atoms with Gasteiger partial charge in [-0.1, -0.05) is 44.6 Å². The van der Waals surface area contributed by atoms with Crippen LogP contribution in [0.5, 0.6) is 0 Å². The molecule has 1 aliphatic rings. The van der Waals surface area contributed by atoms with Crippen LogP contribution >= 0.6 is 24.8 Å². The van der Waals surface area contributed by atoms with Crippen molar-refractivity contribution < 1.29 is 21.7 Å². The zero-order chi connectivity index (χ0) is 16.0. The third kappa shape index (κ3) is 11.4. The molecule has 0 aliphatic heterocycles. The standard InChI is InChI=1S/C15H18N.C4H10N.2ClH.Ti/c1-12-7-4-5-9-14(12)15-10-6-8-13(15)11-16(2)3;1-4(2,3)5;;;/h4-9H,1,10-11H2,2-3H3;5H,1-3H3;2*1H;/q2*-1;;;+2. The number of benzene rings is 1. The van der Waals surface area contributed by atoms with Crippen molar-refractivity contribution in [1.29, 1.82) is 0 Å². The maximum absolute atomic E-state index is 6.94. The van der Waals surface area contributed by atoms with E-state index in [1.54, 1.807) is 0 Å². The number of hydrogen-bond donors (Lipinski definition) is 0. The van der Waals surface area contributed by atoms with Crippen molar-refractivity contribution in [3.63, 3.8) is 0 Å². The van der Waals surface area contributed by atoms with Gasteiger partial charge in [-0.3, -0.25) is 0 Å². The van der Waals surface area contributed by atoms with Gasteiger partial charge in [-0.15, -0.1) is 48.0 Å². The van der Waals surface area contributed by atoms with Crippen LogP contribution in [0.1, 0.15) is 38.3 Å². The Balaban J connectivity index is -0.000000490. The molecule has 1 aromatic rings. The Hall–Kier alpha value is -0.216. The molecule has 0 spiro atoms. The summed E-state index contributed by atoms with van der Waals surface area (Å²) < 4.78 is 0. The molecule has 0 amide bonds. The van der Waals surface area contributed by atoms with Gasteiger partial charge in [0.25, 0.3) is 0 Å². The zero-order valence-corrected chi connectivity index (χ0v) is 18.5. The van der Waals surface area contributed by atoms with E-state index in [4.69, 9.17) is 5.73 Å². The van der Waals surface area contributed by atoms with Gasteiger partial charge < -0.3 is 10.6 Å². The van der Waals surface area contributed by atoms with Crippen molar-refractivity contribution >= 4 is 30.4 Å². The van der Waals surface area contributed by atoms with Gasteiger partial charge in [-0.2, -0.15) is 18.6 Å². The van der Waals surface area contributed by atoms with Gasteiger partial charge in [0.1, 0.15) is 0 Å². The van der Waals surface area contributed by atoms with Gasteiger partial charge in [0.2, 0.25) is 0 Å². The van der Waals surface area contributed by atoms with Crippen LogP contribution in [0, 0.1) is 6.92 Å². The van der Waals surface area contributed by atoms with E-state index in [2.05, 4.69) is 56.3 Å². The monoisotopic (exact) mass is 404 g/mol. The van der Waals surface area contributed by atoms with E-state index in [1.807, 2.05) is 26.8 Å². The Bertz CT molecular complexity index is 526. The number of allylic oxidation sites excluding steroid dienone is 2. The SMILES string of the molecule is CC(C)(C)[NH-].Cl.Cl.[CH2-]c1ccccc1C1=C(CN(C)C)C=CC1.[Ti+2]. The summed E-state index contributed by atoms with van der Waals surface area (Å²) in [6, 6.07) is 8.37. The van der Waals surface area contributed by atoms with Crippen LogP contribution in [0.2, 0.25) is 0 Å². The predicted molar refractivity (Wildman–Crippen MR) is 109 cm³/mol. The molecule has 0 bridgehead atoms. The molecule has 1 aromatic carbocycles. The van der Waals surface area contributed by atoms with E-state index < -0.39 is 0 Å². The molecule has 0 fully saturated rings. The summed E-state index contributed by atoms with van der Waals surface area (Å²) >= 11 is 0. The normalized spacial score (nSPS) is 12.6. The predicted octanol–water partition coefficient (Wildman–Crippen LogP) is 5.82. The van der Waals surface area contributed by atoms with Crippen LogP contribution in [-0.2, 0) is 21.7 Å². The maximum Gasteiger partial charge on any atom is 2.00 e. The van der Waals surface area contributed by atoms with Gasteiger partial charge in [0, 0.05) is 6.54 Å². The summed E-state index contributed by atoms with van der Waals surface area (Å²) in [6.07, 6.45) is 5.51. The molecule has 134 valence electrons. The molecule has 2 rings (SSSR count). The Morgan fingerprint density at radius 2 is 1.62 bits per heavy atom. The summed E-state index contributed by atoms with van der Waals surface area (Å²) in [6.45, 7) is 10.7. The van der Waals surface area contributed by atoms with Gasteiger partial charge in [-0.25, -0.2) is 0 Å². The van der Waals surface area contributed by atoms with Crippen molar-refractivity contribution in [3.05, 3.63) is 65.8 Å². The van der Waals surface area contributed by atoms with Crippen LogP contribution in [0.15, 0.2) is 42.0 Å². The molecular formula is C19H30Cl2N2Ti. The molecule has 5 heteroatoms. The average Bonchev–Trinajstić information content (AvgIpc) is 2.74. The molecule has 0 aromatic heterocycles. The van der Waals surface area contributed by atoms with Crippen LogP contribution in [0.3, 0.4) is 0 Å². The smallest absolute Gasteiger partial charge is 0.673 e. The summed E-state index contributed by atoms with van der Waals surface area (Å²) in [4.78, 5) is 2.21. The number of hydrogen-bond acceptors (Lipinski definition) is 1. The average molecular weight is 405 g/mol. The summed E-state index contributed by atoms with van der Waals surface area (Å²) in [5.41, 5.74) is 12.0. The van der Waals surface area contributed by atoms with E-state index in [1.165, 1.54) is 16.7 Å². The molecule has 1 aliphatic carbocycles. The summed E-state index contributed by atoms with van der Waals surface area (Å²) in [5.74, 6) is 0. The minimum absolute atomic E-state index is 0. The molecular weight excluding hydrogens is 375 g/mol. The van der Waals surface area contributed by atoms with Crippen LogP contribution in [-0.4, -0.2) is 31.1 Å². The minimum Gasteiger partial charge on any atom is -0.673 e. The van der Waals surface area contributed by atoms with Crippen LogP contribution in [0.4, 0.5) is 0 Å². The first-order valence-corrected chi connectivity index (χ1v) is 7.38. The molecule has 24 heavy (non-hydrogen) atoms. The fourth-order valence-electron chi connectivity index (χ4n) is 2.14. The summed E-state index contributed by atoms with van der Waals surface area (Å²) in [7, 11) is 4.21. The van der Waals surface area contributed by atoms with E-state index in [0.29, 0.717) is 0 Å². The van der Waals surface area contributed by atoms with Crippen molar-refractivity contribution in [2.75, 3.05) is 20.6 Å². The number of rotatable bonds is 3. The van der Waals surface area contributed by atoms with Gasteiger partial charge in [-0.05, 0) is 26.1 Å². The van der Waals surface area contributed by atoms with Crippen molar-refractivity contribution in [1.82, 2.24) is 4.90 Å². The zero-order valence-electron chi connectivity index (χ0n) is 15.3. The van der Waals surface area contributed by atoms with Crippen LogP contribution < -0.4 is 0 Å². The first kappa shape index (κ1) is 28.6. The molecule has 0 atom stereocenters. The molecule has 0 saturated carbocycles. The van der Waals surface area contributed by atoms with Gasteiger partial charge in [0.15, 0.2) is 0 Å². The first-order valence-electron chi connectivity index (χ1n) is 7.38. The van der Waals surface area contributed by atoms with Crippen molar-refractivity contribution in [2.45, 2.75) is 32.7 Å². The topological polar surface area (TPSA) is 27.0 Å². The molecule has 0 heterocycles. The number of nitrogens with zero attached hydrogens (tertiary/aromatic N) is 1. The number of nitrogens with one attached hydrogen (secondary N) is 1. The fraction of sp³-hybridized carbons (Fsp3) is 0.421. The molecule has 1 N–H and O–H groups in total. The third-order valence-electron chi connectivity index (χ3n) is 2.86. The molecule has 0 saturated heterocycles. The maximum atomic E-state index is 6.94. The van der Waals surface area contributed by atoms with Crippen molar-refractivity contribution in [2.24, 2.45) is 0 Å². The quantitative estimate of drug-likeness (QED) is 0.460. The third-order valence-corrected chi connectivity index (χ3v) is 2.86. The van der Waals surface area contributed by atoms with E-state index >= 15 is 0 Å². The number of halogens is 2. The Morgan fingerprint density at radius 1 is 1.12 bits per heavy atom. The van der Waals surface area contributed by atoms with E-state index in [9.17, 15) is 0 Å². The summed E-state index contributed by atoms with van der Waals surface area (Å²) in [5, 5.41) is 0. The fourth-order valence-corrected chi connectivity index (χ4v) is 2.14. The second-order valence-electron chi connectivity index (χ2n) is 6.76. The molecule has 2 nitrogen and oxygen atoms in total. The Kier molecular flexibility index (Phi) is 15.5. The van der Waals surface area contributed by atoms with Crippen molar-refractivity contribution in [3.8, 4) is 0 Å². The van der Waals surface area contributed by atoms with Gasteiger partial charge in [0.05, 0.1) is 0 Å². The second kappa shape index (κ2) is 13.1. The largest absolute Gasteiger partial charge is 2.00 e. The van der Waals surface area contributed by atoms with Gasteiger partial charge >= 0.3 is 21.7 Å². The first-order chi connectivity index (χ1) is 9.68. The van der Waals surface area contributed by atoms with Crippen LogP contribution in [0.25, 0.3) is 11.3 Å². The molecule has 0 unspecified atom stereocenters. The van der Waals surface area contributed by atoms with E-state index in [-0.39, 0.29) is 52.1 Å².